The van der Waals surface area contributed by atoms with Crippen LogP contribution < -0.4 is 11.2 Å². The van der Waals surface area contributed by atoms with Crippen molar-refractivity contribution in [3.05, 3.63) is 34.7 Å². The lowest BCUT2D eigenvalue weighted by Crippen LogP contribution is -2.13. The van der Waals surface area contributed by atoms with Gasteiger partial charge in [-0.1, -0.05) is 0 Å². The summed E-state index contributed by atoms with van der Waals surface area (Å²) in [6.45, 7) is 2.50. The fourth-order valence-electron chi connectivity index (χ4n) is 0.948. The number of aromatic nitrogens is 1. The predicted octanol–water partition coefficient (Wildman–Crippen LogP) is -0.176. The van der Waals surface area contributed by atoms with Gasteiger partial charge in [-0.05, 0) is 0 Å². The maximum atomic E-state index is 10.7. The molecule has 0 saturated heterocycles. The summed E-state index contributed by atoms with van der Waals surface area (Å²) in [6.07, 6.45) is 3.49. The first kappa shape index (κ1) is 9.95. The van der Waals surface area contributed by atoms with Gasteiger partial charge in [-0.2, -0.15) is 0 Å². The molecule has 0 aliphatic carbocycles. The number of nitrogens with two attached hydrogens (primary N) is 1. The van der Waals surface area contributed by atoms with Gasteiger partial charge in [0.05, 0.1) is 13.2 Å². The molecule has 0 saturated carbocycles. The highest BCUT2D eigenvalue weighted by Gasteiger charge is 1.89. The Kier molecular flexibility index (Phi) is 4.21. The second-order valence-corrected chi connectivity index (χ2v) is 2.67. The highest BCUT2D eigenvalue weighted by molar-refractivity contribution is 4.93. The van der Waals surface area contributed by atoms with E-state index in [-0.39, 0.29) is 5.43 Å². The van der Waals surface area contributed by atoms with Crippen LogP contribution in [-0.2, 0) is 11.3 Å². The van der Waals surface area contributed by atoms with E-state index in [1.807, 2.05) is 4.57 Å². The topological polar surface area (TPSA) is 57.2 Å². The van der Waals surface area contributed by atoms with E-state index >= 15 is 0 Å². The second-order valence-electron chi connectivity index (χ2n) is 2.67. The molecule has 0 spiro atoms. The number of rotatable bonds is 5. The van der Waals surface area contributed by atoms with Gasteiger partial charge < -0.3 is 15.0 Å². The lowest BCUT2D eigenvalue weighted by Gasteiger charge is -2.05. The average molecular weight is 182 g/mol. The van der Waals surface area contributed by atoms with Crippen LogP contribution in [0.1, 0.15) is 0 Å². The molecule has 0 fully saturated rings. The van der Waals surface area contributed by atoms with Crippen LogP contribution in [0, 0.1) is 0 Å². The van der Waals surface area contributed by atoms with Crippen molar-refractivity contribution in [2.45, 2.75) is 6.54 Å². The second kappa shape index (κ2) is 5.50. The van der Waals surface area contributed by atoms with E-state index in [0.29, 0.717) is 19.8 Å². The van der Waals surface area contributed by atoms with Crippen molar-refractivity contribution < 1.29 is 4.74 Å². The van der Waals surface area contributed by atoms with Crippen LogP contribution in [0.4, 0.5) is 0 Å². The molecule has 0 atom stereocenters. The minimum atomic E-state index is 0.0270. The Bertz CT molecular complexity index is 275. The first-order chi connectivity index (χ1) is 6.33. The Hall–Kier alpha value is -1.13. The highest BCUT2D eigenvalue weighted by Crippen LogP contribution is 1.85. The Balaban J connectivity index is 2.29. The first-order valence-electron chi connectivity index (χ1n) is 4.27. The van der Waals surface area contributed by atoms with E-state index in [0.717, 1.165) is 6.54 Å². The van der Waals surface area contributed by atoms with Crippen LogP contribution in [0.2, 0.25) is 0 Å². The number of ether oxygens (including phenoxy) is 1. The first-order valence-corrected chi connectivity index (χ1v) is 4.27. The van der Waals surface area contributed by atoms with Gasteiger partial charge >= 0.3 is 0 Å². The van der Waals surface area contributed by atoms with E-state index < -0.39 is 0 Å². The maximum Gasteiger partial charge on any atom is 0.181 e. The third-order valence-corrected chi connectivity index (χ3v) is 1.62. The van der Waals surface area contributed by atoms with Gasteiger partial charge in [0.2, 0.25) is 0 Å². The van der Waals surface area contributed by atoms with Crippen molar-refractivity contribution in [1.82, 2.24) is 4.57 Å². The fraction of sp³-hybridized carbons (Fsp3) is 0.444. The zero-order valence-electron chi connectivity index (χ0n) is 7.48. The molecule has 0 aromatic carbocycles. The predicted molar refractivity (Wildman–Crippen MR) is 50.6 cm³/mol. The molecule has 1 aromatic heterocycles. The molecule has 0 aliphatic rings. The summed E-state index contributed by atoms with van der Waals surface area (Å²) in [7, 11) is 0. The van der Waals surface area contributed by atoms with E-state index in [4.69, 9.17) is 10.5 Å². The van der Waals surface area contributed by atoms with E-state index in [9.17, 15) is 4.79 Å². The van der Waals surface area contributed by atoms with Crippen molar-refractivity contribution in [2.24, 2.45) is 5.73 Å². The minimum absolute atomic E-state index is 0.0270. The van der Waals surface area contributed by atoms with Crippen molar-refractivity contribution in [3.63, 3.8) is 0 Å². The number of nitrogens with zero attached hydrogens (tertiary/aromatic N) is 1. The van der Waals surface area contributed by atoms with Crippen molar-refractivity contribution in [1.29, 1.82) is 0 Å². The van der Waals surface area contributed by atoms with Crippen LogP contribution in [-0.4, -0.2) is 24.3 Å². The van der Waals surface area contributed by atoms with Crippen LogP contribution in [0.3, 0.4) is 0 Å². The molecule has 72 valence electrons. The monoisotopic (exact) mass is 182 g/mol. The van der Waals surface area contributed by atoms with Gasteiger partial charge in [0.25, 0.3) is 0 Å². The molecule has 0 aliphatic heterocycles. The largest absolute Gasteiger partial charge is 0.378 e. The van der Waals surface area contributed by atoms with Gasteiger partial charge in [0.15, 0.2) is 5.43 Å². The molecule has 2 N–H and O–H groups in total. The molecule has 4 heteroatoms. The SMILES string of the molecule is NCCOCCn1ccc(=O)cc1. The molecule has 4 nitrogen and oxygen atoms in total. The molecule has 1 aromatic rings. The van der Waals surface area contributed by atoms with Gasteiger partial charge in [0.1, 0.15) is 0 Å². The number of hydrogen-bond acceptors (Lipinski definition) is 3. The summed E-state index contributed by atoms with van der Waals surface area (Å²) in [5.41, 5.74) is 5.28. The lowest BCUT2D eigenvalue weighted by molar-refractivity contribution is 0.133. The summed E-state index contributed by atoms with van der Waals surface area (Å²) in [5.74, 6) is 0. The van der Waals surface area contributed by atoms with E-state index in [1.54, 1.807) is 12.4 Å². The molecular formula is C9H14N2O2. The fourth-order valence-corrected chi connectivity index (χ4v) is 0.948. The molecule has 13 heavy (non-hydrogen) atoms. The molecule has 0 bridgehead atoms. The molecular weight excluding hydrogens is 168 g/mol. The van der Waals surface area contributed by atoms with Crippen LogP contribution >= 0.6 is 0 Å². The summed E-state index contributed by atoms with van der Waals surface area (Å²) < 4.78 is 7.09. The van der Waals surface area contributed by atoms with Crippen LogP contribution in [0.15, 0.2) is 29.3 Å². The Morgan fingerprint density at radius 1 is 1.31 bits per heavy atom. The number of hydrogen-bond donors (Lipinski definition) is 1. The van der Waals surface area contributed by atoms with Crippen molar-refractivity contribution in [2.75, 3.05) is 19.8 Å². The zero-order chi connectivity index (χ0) is 9.52. The zero-order valence-corrected chi connectivity index (χ0v) is 7.48. The summed E-state index contributed by atoms with van der Waals surface area (Å²) >= 11 is 0. The van der Waals surface area contributed by atoms with E-state index in [1.165, 1.54) is 12.1 Å². The van der Waals surface area contributed by atoms with Crippen molar-refractivity contribution in [3.8, 4) is 0 Å². The third kappa shape index (κ3) is 3.87. The van der Waals surface area contributed by atoms with Gasteiger partial charge in [0, 0.05) is 37.6 Å². The Morgan fingerprint density at radius 3 is 2.62 bits per heavy atom. The molecule has 1 rings (SSSR count). The molecule has 0 unspecified atom stereocenters. The van der Waals surface area contributed by atoms with Gasteiger partial charge in [-0.15, -0.1) is 0 Å². The summed E-state index contributed by atoms with van der Waals surface area (Å²) in [5, 5.41) is 0. The maximum absolute atomic E-state index is 10.7. The quantitative estimate of drug-likeness (QED) is 0.643. The Labute approximate surface area is 76.9 Å². The number of pyridine rings is 1. The van der Waals surface area contributed by atoms with Crippen LogP contribution in [0.5, 0.6) is 0 Å². The smallest absolute Gasteiger partial charge is 0.181 e. The van der Waals surface area contributed by atoms with E-state index in [2.05, 4.69) is 0 Å². The minimum Gasteiger partial charge on any atom is -0.378 e. The van der Waals surface area contributed by atoms with Gasteiger partial charge in [-0.25, -0.2) is 0 Å². The Morgan fingerprint density at radius 2 is 2.00 bits per heavy atom. The third-order valence-electron chi connectivity index (χ3n) is 1.62. The van der Waals surface area contributed by atoms with Crippen molar-refractivity contribution >= 4 is 0 Å². The lowest BCUT2D eigenvalue weighted by atomic mass is 10.4. The summed E-state index contributed by atoms with van der Waals surface area (Å²) in [6, 6.07) is 3.06. The molecule has 0 radical (unpaired) electrons. The van der Waals surface area contributed by atoms with Gasteiger partial charge in [-0.3, -0.25) is 4.79 Å². The standard InChI is InChI=1S/C9H14N2O2/c10-3-7-13-8-6-11-4-1-9(12)2-5-11/h1-2,4-5H,3,6-8,10H2. The summed E-state index contributed by atoms with van der Waals surface area (Å²) in [4.78, 5) is 10.7. The normalized spacial score (nSPS) is 10.2. The molecule has 1 heterocycles. The average Bonchev–Trinajstić information content (AvgIpc) is 2.15. The van der Waals surface area contributed by atoms with Crippen LogP contribution in [0.25, 0.3) is 0 Å². The highest BCUT2D eigenvalue weighted by atomic mass is 16.5. The molecule has 0 amide bonds.